The molecule has 0 saturated carbocycles. The molecule has 0 aliphatic carbocycles. The zero-order chi connectivity index (χ0) is 12.0. The number of anilines is 1. The minimum absolute atomic E-state index is 0.0532. The molecule has 2 atom stereocenters. The molecule has 2 aliphatic rings. The lowest BCUT2D eigenvalue weighted by Gasteiger charge is -2.37. The summed E-state index contributed by atoms with van der Waals surface area (Å²) in [4.78, 5) is 14.3. The van der Waals surface area contributed by atoms with E-state index >= 15 is 0 Å². The summed E-state index contributed by atoms with van der Waals surface area (Å²) in [5, 5.41) is 3.31. The highest BCUT2D eigenvalue weighted by atomic mass is 16.2. The van der Waals surface area contributed by atoms with E-state index in [1.54, 1.807) is 0 Å². The van der Waals surface area contributed by atoms with E-state index < -0.39 is 5.44 Å². The van der Waals surface area contributed by atoms with Gasteiger partial charge in [-0.15, -0.1) is 0 Å². The van der Waals surface area contributed by atoms with Crippen LogP contribution >= 0.6 is 0 Å². The van der Waals surface area contributed by atoms with Crippen molar-refractivity contribution in [2.24, 2.45) is 5.92 Å². The fourth-order valence-corrected chi connectivity index (χ4v) is 2.81. The molecule has 4 heteroatoms. The van der Waals surface area contributed by atoms with Gasteiger partial charge in [0.25, 0.3) is 5.91 Å². The van der Waals surface area contributed by atoms with Crippen molar-refractivity contribution in [3.8, 4) is 0 Å². The lowest BCUT2D eigenvalue weighted by atomic mass is 9.69. The molecule has 2 radical (unpaired) electrons. The van der Waals surface area contributed by atoms with E-state index in [9.17, 15) is 4.79 Å². The lowest BCUT2D eigenvalue weighted by Crippen LogP contribution is -2.53. The number of rotatable bonds is 0. The zero-order valence-corrected chi connectivity index (χ0v) is 9.94. The molecule has 1 aromatic carbocycles. The molecular weight excluding hydrogens is 211 g/mol. The lowest BCUT2D eigenvalue weighted by molar-refractivity contribution is 0.0699. The zero-order valence-electron chi connectivity index (χ0n) is 9.94. The molecule has 1 saturated heterocycles. The van der Waals surface area contributed by atoms with Crippen LogP contribution in [-0.2, 0) is 0 Å². The van der Waals surface area contributed by atoms with Crippen LogP contribution in [0.4, 0.5) is 5.69 Å². The first-order valence-electron chi connectivity index (χ1n) is 6.06. The standard InChI is InChI=1S/C13H15BN2O/c1-9-6-7-16-12(17)10-4-2-3-5-11(10)15-8-13(9,16)14/h2-5,9,15H,6-8H2,1H3. The Kier molecular flexibility index (Phi) is 2.22. The Morgan fingerprint density at radius 3 is 3.06 bits per heavy atom. The highest BCUT2D eigenvalue weighted by Crippen LogP contribution is 2.37. The molecule has 0 aromatic heterocycles. The summed E-state index contributed by atoms with van der Waals surface area (Å²) in [7, 11) is 6.42. The van der Waals surface area contributed by atoms with E-state index in [4.69, 9.17) is 7.85 Å². The van der Waals surface area contributed by atoms with Crippen LogP contribution in [-0.4, -0.2) is 37.2 Å². The van der Waals surface area contributed by atoms with E-state index in [-0.39, 0.29) is 5.91 Å². The van der Waals surface area contributed by atoms with Crippen LogP contribution in [0.25, 0.3) is 0 Å². The van der Waals surface area contributed by atoms with E-state index in [1.165, 1.54) is 0 Å². The molecular formula is C13H15BN2O. The van der Waals surface area contributed by atoms with Crippen LogP contribution in [0.2, 0.25) is 0 Å². The summed E-state index contributed by atoms with van der Waals surface area (Å²) >= 11 is 0. The molecule has 2 unspecified atom stereocenters. The number of benzene rings is 1. The molecule has 2 heterocycles. The fourth-order valence-electron chi connectivity index (χ4n) is 2.81. The van der Waals surface area contributed by atoms with Gasteiger partial charge in [0.15, 0.2) is 0 Å². The summed E-state index contributed by atoms with van der Waals surface area (Å²) < 4.78 is 0. The molecule has 3 rings (SSSR count). The van der Waals surface area contributed by atoms with Crippen molar-refractivity contribution in [1.29, 1.82) is 0 Å². The molecule has 3 nitrogen and oxygen atoms in total. The van der Waals surface area contributed by atoms with Gasteiger partial charge in [0, 0.05) is 24.2 Å². The summed E-state index contributed by atoms with van der Waals surface area (Å²) in [5.41, 5.74) is 1.08. The molecule has 86 valence electrons. The normalized spacial score (nSPS) is 31.5. The van der Waals surface area contributed by atoms with Crippen molar-refractivity contribution >= 4 is 19.4 Å². The second kappa shape index (κ2) is 3.52. The van der Waals surface area contributed by atoms with Crippen LogP contribution in [0.5, 0.6) is 0 Å². The summed E-state index contributed by atoms with van der Waals surface area (Å²) in [5.74, 6) is 0.380. The van der Waals surface area contributed by atoms with Crippen LogP contribution < -0.4 is 5.32 Å². The predicted octanol–water partition coefficient (Wildman–Crippen LogP) is 1.46. The van der Waals surface area contributed by atoms with Crippen LogP contribution in [0.3, 0.4) is 0 Å². The van der Waals surface area contributed by atoms with E-state index in [2.05, 4.69) is 12.2 Å². The largest absolute Gasteiger partial charge is 0.383 e. The first-order chi connectivity index (χ1) is 8.13. The molecule has 0 spiro atoms. The smallest absolute Gasteiger partial charge is 0.255 e. The van der Waals surface area contributed by atoms with Gasteiger partial charge in [-0.25, -0.2) is 0 Å². The number of nitrogens with zero attached hydrogens (tertiary/aromatic N) is 1. The Morgan fingerprint density at radius 1 is 1.47 bits per heavy atom. The van der Waals surface area contributed by atoms with Crippen LogP contribution in [0.15, 0.2) is 24.3 Å². The van der Waals surface area contributed by atoms with Gasteiger partial charge in [0.2, 0.25) is 0 Å². The monoisotopic (exact) mass is 226 g/mol. The Morgan fingerprint density at radius 2 is 2.24 bits per heavy atom. The van der Waals surface area contributed by atoms with Crippen molar-refractivity contribution in [2.75, 3.05) is 18.4 Å². The second-order valence-electron chi connectivity index (χ2n) is 5.04. The van der Waals surface area contributed by atoms with Gasteiger partial charge in [-0.05, 0) is 24.5 Å². The summed E-state index contributed by atoms with van der Waals surface area (Å²) in [6, 6.07) is 7.62. The van der Waals surface area contributed by atoms with Crippen LogP contribution in [0, 0.1) is 5.92 Å². The number of hydrogen-bond donors (Lipinski definition) is 1. The van der Waals surface area contributed by atoms with Crippen molar-refractivity contribution in [2.45, 2.75) is 18.8 Å². The van der Waals surface area contributed by atoms with E-state index in [0.29, 0.717) is 12.5 Å². The number of hydrogen-bond acceptors (Lipinski definition) is 2. The van der Waals surface area contributed by atoms with Gasteiger partial charge in [-0.2, -0.15) is 0 Å². The highest BCUT2D eigenvalue weighted by Gasteiger charge is 2.46. The molecule has 2 aliphatic heterocycles. The second-order valence-corrected chi connectivity index (χ2v) is 5.04. The molecule has 1 aromatic rings. The minimum Gasteiger partial charge on any atom is -0.383 e. The number of carbonyl (C=O) groups excluding carboxylic acids is 1. The number of carbonyl (C=O) groups is 1. The third-order valence-corrected chi connectivity index (χ3v) is 4.11. The van der Waals surface area contributed by atoms with Gasteiger partial charge in [0.1, 0.15) is 7.85 Å². The molecule has 1 N–H and O–H groups in total. The van der Waals surface area contributed by atoms with Gasteiger partial charge in [-0.3, -0.25) is 4.79 Å². The maximum absolute atomic E-state index is 12.5. The Balaban J connectivity index is 2.08. The number of amides is 1. The van der Waals surface area contributed by atoms with Crippen molar-refractivity contribution in [1.82, 2.24) is 4.90 Å². The molecule has 17 heavy (non-hydrogen) atoms. The summed E-state index contributed by atoms with van der Waals surface area (Å²) in [6.45, 7) is 3.49. The maximum atomic E-state index is 12.5. The molecule has 0 bridgehead atoms. The van der Waals surface area contributed by atoms with E-state index in [0.717, 1.165) is 24.2 Å². The topological polar surface area (TPSA) is 32.3 Å². The van der Waals surface area contributed by atoms with E-state index in [1.807, 2.05) is 29.2 Å². The third kappa shape index (κ3) is 1.39. The van der Waals surface area contributed by atoms with Gasteiger partial charge >= 0.3 is 0 Å². The minimum atomic E-state index is -0.546. The van der Waals surface area contributed by atoms with Crippen molar-refractivity contribution < 1.29 is 4.79 Å². The van der Waals surface area contributed by atoms with Crippen molar-refractivity contribution in [3.63, 3.8) is 0 Å². The van der Waals surface area contributed by atoms with Crippen LogP contribution in [0.1, 0.15) is 23.7 Å². The molecule has 1 amide bonds. The average molecular weight is 226 g/mol. The average Bonchev–Trinajstić information content (AvgIpc) is 2.57. The Labute approximate surface area is 103 Å². The first kappa shape index (κ1) is 10.7. The van der Waals surface area contributed by atoms with Gasteiger partial charge < -0.3 is 10.2 Å². The summed E-state index contributed by atoms with van der Waals surface area (Å²) in [6.07, 6.45) is 0.978. The first-order valence-corrected chi connectivity index (χ1v) is 6.06. The SMILES string of the molecule is [B]C12CNc3ccccc3C(=O)N1CCC2C. The third-order valence-electron chi connectivity index (χ3n) is 4.11. The maximum Gasteiger partial charge on any atom is 0.255 e. The predicted molar refractivity (Wildman–Crippen MR) is 68.2 cm³/mol. The number of para-hydroxylation sites is 1. The Hall–Kier alpha value is -1.45. The van der Waals surface area contributed by atoms with Crippen molar-refractivity contribution in [3.05, 3.63) is 29.8 Å². The van der Waals surface area contributed by atoms with Gasteiger partial charge in [0.05, 0.1) is 5.56 Å². The highest BCUT2D eigenvalue weighted by molar-refractivity contribution is 6.19. The Bertz CT molecular complexity index is 476. The quantitative estimate of drug-likeness (QED) is 0.679. The number of fused-ring (bicyclic) bond motifs is 2. The fraction of sp³-hybridized carbons (Fsp3) is 0.462. The number of nitrogens with one attached hydrogen (secondary N) is 1. The van der Waals surface area contributed by atoms with Gasteiger partial charge in [-0.1, -0.05) is 19.1 Å². The molecule has 1 fully saturated rings.